The van der Waals surface area contributed by atoms with Crippen molar-refractivity contribution in [1.82, 2.24) is 5.32 Å². The van der Waals surface area contributed by atoms with E-state index in [0.29, 0.717) is 38.6 Å². The van der Waals surface area contributed by atoms with E-state index in [-0.39, 0.29) is 12.5 Å². The van der Waals surface area contributed by atoms with Crippen LogP contribution in [0.15, 0.2) is 0 Å². The lowest BCUT2D eigenvalue weighted by Gasteiger charge is -2.00. The molecule has 0 saturated heterocycles. The van der Waals surface area contributed by atoms with Crippen LogP contribution in [0.2, 0.25) is 0 Å². The van der Waals surface area contributed by atoms with Gasteiger partial charge in [-0.25, -0.2) is 0 Å². The number of rotatable bonds is 8. The molecule has 0 aliphatic heterocycles. The minimum Gasteiger partial charge on any atom is -0.395 e. The Morgan fingerprint density at radius 1 is 0.800 bits per heavy atom. The SMILES string of the molecule is CCCCCC#CCC#CCC#CCC#CCCCC(=O)NCCO. The summed E-state index contributed by atoms with van der Waals surface area (Å²) < 4.78 is 0. The van der Waals surface area contributed by atoms with E-state index in [2.05, 4.69) is 59.6 Å². The number of amides is 1. The van der Waals surface area contributed by atoms with Gasteiger partial charge in [0.15, 0.2) is 0 Å². The zero-order valence-electron chi connectivity index (χ0n) is 15.3. The molecule has 0 atom stereocenters. The van der Waals surface area contributed by atoms with E-state index in [1.165, 1.54) is 19.3 Å². The molecule has 1 amide bonds. The quantitative estimate of drug-likeness (QED) is 0.527. The van der Waals surface area contributed by atoms with Gasteiger partial charge in [0.1, 0.15) is 0 Å². The lowest BCUT2D eigenvalue weighted by atomic mass is 10.2. The molecule has 0 radical (unpaired) electrons. The van der Waals surface area contributed by atoms with Crippen LogP contribution in [0.5, 0.6) is 0 Å². The maximum Gasteiger partial charge on any atom is 0.220 e. The molecule has 0 fully saturated rings. The third-order valence-corrected chi connectivity index (χ3v) is 3.08. The third kappa shape index (κ3) is 19.6. The second kappa shape index (κ2) is 19.7. The van der Waals surface area contributed by atoms with E-state index in [1.807, 2.05) is 0 Å². The number of carbonyl (C=O) groups is 1. The van der Waals surface area contributed by atoms with Crippen molar-refractivity contribution in [2.75, 3.05) is 13.2 Å². The number of aliphatic hydroxyl groups excluding tert-OH is 1. The van der Waals surface area contributed by atoms with Crippen LogP contribution in [0.25, 0.3) is 0 Å². The van der Waals surface area contributed by atoms with Gasteiger partial charge < -0.3 is 10.4 Å². The Bertz CT molecular complexity index is 591. The predicted molar refractivity (Wildman–Crippen MR) is 103 cm³/mol. The van der Waals surface area contributed by atoms with Gasteiger partial charge in [0.05, 0.1) is 25.9 Å². The summed E-state index contributed by atoms with van der Waals surface area (Å²) in [5.41, 5.74) is 0. The van der Waals surface area contributed by atoms with Crippen LogP contribution in [0, 0.1) is 47.4 Å². The molecule has 2 N–H and O–H groups in total. The van der Waals surface area contributed by atoms with Gasteiger partial charge in [0.2, 0.25) is 5.91 Å². The van der Waals surface area contributed by atoms with Gasteiger partial charge in [-0.1, -0.05) is 55.3 Å². The van der Waals surface area contributed by atoms with Crippen LogP contribution in [-0.2, 0) is 4.79 Å². The normalized spacial score (nSPS) is 8.40. The summed E-state index contributed by atoms with van der Waals surface area (Å²) in [4.78, 5) is 11.2. The summed E-state index contributed by atoms with van der Waals surface area (Å²) in [5, 5.41) is 11.2. The highest BCUT2D eigenvalue weighted by molar-refractivity contribution is 5.75. The van der Waals surface area contributed by atoms with Crippen molar-refractivity contribution >= 4 is 5.91 Å². The summed E-state index contributed by atoms with van der Waals surface area (Å²) in [5.74, 6) is 24.1. The molecule has 0 spiro atoms. The van der Waals surface area contributed by atoms with Crippen molar-refractivity contribution in [2.45, 2.75) is 71.1 Å². The molecule has 0 aromatic heterocycles. The van der Waals surface area contributed by atoms with Crippen molar-refractivity contribution in [1.29, 1.82) is 0 Å². The number of carbonyl (C=O) groups excluding carboxylic acids is 1. The van der Waals surface area contributed by atoms with Gasteiger partial charge in [0, 0.05) is 25.8 Å². The zero-order chi connectivity index (χ0) is 18.4. The molecule has 3 heteroatoms. The fraction of sp³-hybridized carbons (Fsp3) is 0.591. The Morgan fingerprint density at radius 2 is 1.32 bits per heavy atom. The maximum absolute atomic E-state index is 11.2. The van der Waals surface area contributed by atoms with E-state index in [9.17, 15) is 4.79 Å². The molecule has 0 unspecified atom stereocenters. The molecule has 0 aromatic carbocycles. The number of aliphatic hydroxyl groups is 1. The fourth-order valence-corrected chi connectivity index (χ4v) is 1.77. The van der Waals surface area contributed by atoms with Crippen molar-refractivity contribution in [2.24, 2.45) is 0 Å². The summed E-state index contributed by atoms with van der Waals surface area (Å²) in [6, 6.07) is 0. The first-order valence-corrected chi connectivity index (χ1v) is 9.01. The van der Waals surface area contributed by atoms with Gasteiger partial charge in [-0.3, -0.25) is 4.79 Å². The molecule has 0 bridgehead atoms. The molecule has 0 heterocycles. The highest BCUT2D eigenvalue weighted by Gasteiger charge is 1.97. The topological polar surface area (TPSA) is 49.3 Å². The summed E-state index contributed by atoms with van der Waals surface area (Å²) in [7, 11) is 0. The first kappa shape index (κ1) is 22.7. The van der Waals surface area contributed by atoms with Crippen molar-refractivity contribution in [3.05, 3.63) is 0 Å². The number of hydrogen-bond donors (Lipinski definition) is 2. The number of unbranched alkanes of at least 4 members (excludes halogenated alkanes) is 4. The Balaban J connectivity index is 3.60. The molecule has 0 aliphatic rings. The van der Waals surface area contributed by atoms with E-state index in [4.69, 9.17) is 5.11 Å². The van der Waals surface area contributed by atoms with Gasteiger partial charge >= 0.3 is 0 Å². The first-order chi connectivity index (χ1) is 12.3. The Labute approximate surface area is 153 Å². The summed E-state index contributed by atoms with van der Waals surface area (Å²) in [6.07, 6.45) is 8.21. The van der Waals surface area contributed by atoms with E-state index in [0.717, 1.165) is 12.8 Å². The van der Waals surface area contributed by atoms with Crippen LogP contribution in [0.1, 0.15) is 71.1 Å². The van der Waals surface area contributed by atoms with E-state index in [1.54, 1.807) is 0 Å². The molecule has 0 aliphatic carbocycles. The summed E-state index contributed by atoms with van der Waals surface area (Å²) >= 11 is 0. The zero-order valence-corrected chi connectivity index (χ0v) is 15.3. The molecular weight excluding hydrogens is 310 g/mol. The second-order valence-electron chi connectivity index (χ2n) is 5.33. The Hall–Kier alpha value is -2.33. The largest absolute Gasteiger partial charge is 0.395 e. The number of hydrogen-bond acceptors (Lipinski definition) is 2. The van der Waals surface area contributed by atoms with Crippen LogP contribution in [0.4, 0.5) is 0 Å². The lowest BCUT2D eigenvalue weighted by Crippen LogP contribution is -2.25. The average molecular weight is 339 g/mol. The van der Waals surface area contributed by atoms with Crippen LogP contribution in [-0.4, -0.2) is 24.2 Å². The molecule has 134 valence electrons. The van der Waals surface area contributed by atoms with E-state index < -0.39 is 0 Å². The molecule has 3 nitrogen and oxygen atoms in total. The standard InChI is InChI=1S/C22H29NO2/c1-2-3-4-5-6-7-8-9-10-11-12-13-14-15-16-17-18-19-22(25)23-20-21-24/h24H,2-5,8,11,14,17-21H2,1H3,(H,23,25). The van der Waals surface area contributed by atoms with Crippen LogP contribution >= 0.6 is 0 Å². The Kier molecular flexibility index (Phi) is 17.9. The smallest absolute Gasteiger partial charge is 0.220 e. The van der Waals surface area contributed by atoms with Gasteiger partial charge in [-0.2, -0.15) is 0 Å². The number of nitrogens with one attached hydrogen (secondary N) is 1. The van der Waals surface area contributed by atoms with E-state index >= 15 is 0 Å². The van der Waals surface area contributed by atoms with Crippen molar-refractivity contribution in [3.8, 4) is 47.4 Å². The van der Waals surface area contributed by atoms with Gasteiger partial charge in [-0.15, -0.1) is 11.8 Å². The van der Waals surface area contributed by atoms with Gasteiger partial charge in [-0.05, 0) is 12.8 Å². The Morgan fingerprint density at radius 3 is 1.84 bits per heavy atom. The highest BCUT2D eigenvalue weighted by atomic mass is 16.3. The summed E-state index contributed by atoms with van der Waals surface area (Å²) in [6.45, 7) is 2.48. The highest BCUT2D eigenvalue weighted by Crippen LogP contribution is 1.96. The average Bonchev–Trinajstić information content (AvgIpc) is 2.62. The maximum atomic E-state index is 11.2. The molecule has 25 heavy (non-hydrogen) atoms. The van der Waals surface area contributed by atoms with Gasteiger partial charge in [0.25, 0.3) is 0 Å². The minimum atomic E-state index is -0.0418. The molecule has 0 rings (SSSR count). The van der Waals surface area contributed by atoms with Crippen LogP contribution in [0.3, 0.4) is 0 Å². The predicted octanol–water partition coefficient (Wildman–Crippen LogP) is 3.03. The monoisotopic (exact) mass is 339 g/mol. The minimum absolute atomic E-state index is 0.0267. The first-order valence-electron chi connectivity index (χ1n) is 9.01. The fourth-order valence-electron chi connectivity index (χ4n) is 1.77. The van der Waals surface area contributed by atoms with Crippen molar-refractivity contribution in [3.63, 3.8) is 0 Å². The molecule has 0 saturated carbocycles. The third-order valence-electron chi connectivity index (χ3n) is 3.08. The molecular formula is C22H29NO2. The van der Waals surface area contributed by atoms with Crippen LogP contribution < -0.4 is 5.32 Å². The lowest BCUT2D eigenvalue weighted by molar-refractivity contribution is -0.121. The molecule has 0 aromatic rings. The van der Waals surface area contributed by atoms with Crippen molar-refractivity contribution < 1.29 is 9.90 Å². The second-order valence-corrected chi connectivity index (χ2v) is 5.33.